The van der Waals surface area contributed by atoms with Crippen LogP contribution in [0.3, 0.4) is 0 Å². The van der Waals surface area contributed by atoms with Crippen molar-refractivity contribution in [1.82, 2.24) is 10.0 Å². The van der Waals surface area contributed by atoms with E-state index in [1.807, 2.05) is 0 Å². The highest BCUT2D eigenvalue weighted by Gasteiger charge is 2.33. The molecule has 1 aliphatic heterocycles. The number of amides is 2. The smallest absolute Gasteiger partial charge is 0.345 e. The molecule has 2 amide bonds. The van der Waals surface area contributed by atoms with Crippen LogP contribution in [0.4, 0.5) is 0 Å². The number of phenolic OH excluding ortho intramolecular Hbond substituents is 1. The summed E-state index contributed by atoms with van der Waals surface area (Å²) in [6, 6.07) is 5.28. The maximum absolute atomic E-state index is 12.3. The van der Waals surface area contributed by atoms with Crippen molar-refractivity contribution in [3.63, 3.8) is 0 Å². The molecule has 3 heterocycles. The fourth-order valence-electron chi connectivity index (χ4n) is 3.02. The number of aromatic amines is 1. The van der Waals surface area contributed by atoms with E-state index in [4.69, 9.17) is 20.9 Å². The number of halogens is 1. The van der Waals surface area contributed by atoms with Crippen LogP contribution in [0.2, 0.25) is 5.02 Å². The quantitative estimate of drug-likeness (QED) is 0.418. The average molecular weight is 433 g/mol. The van der Waals surface area contributed by atoms with Crippen molar-refractivity contribution < 1.29 is 33.9 Å². The van der Waals surface area contributed by atoms with Crippen LogP contribution in [0.5, 0.6) is 11.5 Å². The van der Waals surface area contributed by atoms with Crippen LogP contribution in [0.15, 0.2) is 33.5 Å². The maximum atomic E-state index is 12.3. The molecule has 3 N–H and O–H groups in total. The third-order valence-electron chi connectivity index (χ3n) is 4.49. The Morgan fingerprint density at radius 2 is 1.80 bits per heavy atom. The first-order valence-electron chi connectivity index (χ1n) is 8.67. The van der Waals surface area contributed by atoms with E-state index in [1.165, 1.54) is 24.3 Å². The van der Waals surface area contributed by atoms with Gasteiger partial charge < -0.3 is 24.5 Å². The number of nitrogens with zero attached hydrogens (tertiary/aromatic N) is 1. The van der Waals surface area contributed by atoms with Crippen molar-refractivity contribution in [1.29, 1.82) is 0 Å². The number of hydrogen-bond acceptors (Lipinski definition) is 8. The molecule has 11 heteroatoms. The molecule has 30 heavy (non-hydrogen) atoms. The van der Waals surface area contributed by atoms with Gasteiger partial charge in [-0.2, -0.15) is 0 Å². The first kappa shape index (κ1) is 19.5. The molecule has 0 bridgehead atoms. The number of benzene rings is 1. The van der Waals surface area contributed by atoms with Gasteiger partial charge in [0, 0.05) is 30.4 Å². The van der Waals surface area contributed by atoms with Gasteiger partial charge in [0.25, 0.3) is 11.8 Å². The summed E-state index contributed by atoms with van der Waals surface area (Å²) in [6.45, 7) is 0. The van der Waals surface area contributed by atoms with Crippen LogP contribution in [0.1, 0.15) is 18.5 Å². The number of aromatic hydroxyl groups is 2. The first-order valence-corrected chi connectivity index (χ1v) is 9.05. The molecular weight excluding hydrogens is 420 g/mol. The number of imide groups is 1. The summed E-state index contributed by atoms with van der Waals surface area (Å²) in [5.41, 5.74) is -0.428. The van der Waals surface area contributed by atoms with Crippen LogP contribution in [-0.4, -0.2) is 38.0 Å². The lowest BCUT2D eigenvalue weighted by atomic mass is 10.1. The number of carbonyl (C=O) groups excluding carboxylic acids is 3. The number of carbonyl (C=O) groups is 3. The molecule has 0 unspecified atom stereocenters. The Morgan fingerprint density at radius 1 is 1.10 bits per heavy atom. The second-order valence-electron chi connectivity index (χ2n) is 6.56. The van der Waals surface area contributed by atoms with Crippen molar-refractivity contribution in [2.45, 2.75) is 19.3 Å². The van der Waals surface area contributed by atoms with Gasteiger partial charge >= 0.3 is 11.6 Å². The zero-order valence-electron chi connectivity index (χ0n) is 15.1. The summed E-state index contributed by atoms with van der Waals surface area (Å²) < 4.78 is 5.18. The molecule has 0 saturated carbocycles. The lowest BCUT2D eigenvalue weighted by Gasteiger charge is -2.12. The minimum absolute atomic E-state index is 0.0114. The third kappa shape index (κ3) is 3.48. The SMILES string of the molecule is O=C(Cc1[nH]c(-c2cc3cc(Cl)c(O)cc3oc2=O)cc1O)ON1C(=O)CCC1=O. The van der Waals surface area contributed by atoms with Crippen molar-refractivity contribution in [2.75, 3.05) is 0 Å². The second kappa shape index (κ2) is 7.23. The van der Waals surface area contributed by atoms with Crippen LogP contribution < -0.4 is 5.63 Å². The van der Waals surface area contributed by atoms with Gasteiger partial charge in [-0.05, 0) is 12.1 Å². The zero-order valence-corrected chi connectivity index (χ0v) is 15.9. The number of hydroxylamine groups is 2. The maximum Gasteiger partial charge on any atom is 0.345 e. The molecular formula is C19H13ClN2O8. The number of phenols is 1. The van der Waals surface area contributed by atoms with E-state index in [9.17, 15) is 29.4 Å². The highest BCUT2D eigenvalue weighted by molar-refractivity contribution is 6.32. The monoisotopic (exact) mass is 432 g/mol. The van der Waals surface area contributed by atoms with E-state index in [0.717, 1.165) is 0 Å². The number of rotatable bonds is 4. The molecule has 1 aliphatic rings. The Balaban J connectivity index is 1.61. The van der Waals surface area contributed by atoms with Gasteiger partial charge in [-0.1, -0.05) is 11.6 Å². The largest absolute Gasteiger partial charge is 0.506 e. The Labute approximate surface area is 172 Å². The van der Waals surface area contributed by atoms with Crippen LogP contribution in [0.25, 0.3) is 22.2 Å². The lowest BCUT2D eigenvalue weighted by molar-refractivity contribution is -0.197. The van der Waals surface area contributed by atoms with Gasteiger partial charge in [0.2, 0.25) is 0 Å². The average Bonchev–Trinajstić information content (AvgIpc) is 3.19. The normalized spacial score (nSPS) is 14.0. The first-order chi connectivity index (χ1) is 14.2. The molecule has 2 aromatic heterocycles. The van der Waals surface area contributed by atoms with Crippen LogP contribution >= 0.6 is 11.6 Å². The number of aromatic nitrogens is 1. The molecule has 0 spiro atoms. The predicted molar refractivity (Wildman–Crippen MR) is 101 cm³/mol. The second-order valence-corrected chi connectivity index (χ2v) is 6.96. The number of hydrogen-bond donors (Lipinski definition) is 3. The molecule has 1 fully saturated rings. The lowest BCUT2D eigenvalue weighted by Crippen LogP contribution is -2.32. The van der Waals surface area contributed by atoms with E-state index in [2.05, 4.69) is 4.98 Å². The summed E-state index contributed by atoms with van der Waals surface area (Å²) in [7, 11) is 0. The summed E-state index contributed by atoms with van der Waals surface area (Å²) in [5.74, 6) is -2.76. The number of nitrogens with one attached hydrogen (secondary N) is 1. The van der Waals surface area contributed by atoms with E-state index in [1.54, 1.807) is 0 Å². The molecule has 0 radical (unpaired) electrons. The van der Waals surface area contributed by atoms with Gasteiger partial charge in [-0.3, -0.25) is 9.59 Å². The summed E-state index contributed by atoms with van der Waals surface area (Å²) in [6.07, 6.45) is -0.561. The van der Waals surface area contributed by atoms with Crippen molar-refractivity contribution in [2.24, 2.45) is 0 Å². The molecule has 154 valence electrons. The highest BCUT2D eigenvalue weighted by Crippen LogP contribution is 2.31. The fourth-order valence-corrected chi connectivity index (χ4v) is 3.19. The van der Waals surface area contributed by atoms with Gasteiger partial charge in [0.15, 0.2) is 0 Å². The Kier molecular flexibility index (Phi) is 4.70. The predicted octanol–water partition coefficient (Wildman–Crippen LogP) is 2.00. The summed E-state index contributed by atoms with van der Waals surface area (Å²) in [5, 5.41) is 20.6. The molecule has 1 saturated heterocycles. The molecule has 3 aromatic rings. The van der Waals surface area contributed by atoms with Gasteiger partial charge in [-0.25, -0.2) is 9.59 Å². The van der Waals surface area contributed by atoms with Crippen molar-refractivity contribution in [3.8, 4) is 22.8 Å². The van der Waals surface area contributed by atoms with E-state index in [-0.39, 0.29) is 51.9 Å². The van der Waals surface area contributed by atoms with Gasteiger partial charge in [0.1, 0.15) is 17.1 Å². The van der Waals surface area contributed by atoms with Gasteiger partial charge in [-0.15, -0.1) is 5.06 Å². The van der Waals surface area contributed by atoms with Crippen molar-refractivity contribution >= 4 is 40.4 Å². The molecule has 1 aromatic carbocycles. The van der Waals surface area contributed by atoms with Gasteiger partial charge in [0.05, 0.1) is 28.4 Å². The Morgan fingerprint density at radius 3 is 2.50 bits per heavy atom. The highest BCUT2D eigenvalue weighted by atomic mass is 35.5. The Hall–Kier alpha value is -3.79. The molecule has 0 atom stereocenters. The number of fused-ring (bicyclic) bond motifs is 1. The topological polar surface area (TPSA) is 150 Å². The van der Waals surface area contributed by atoms with Crippen LogP contribution in [-0.2, 0) is 25.6 Å². The van der Waals surface area contributed by atoms with Crippen molar-refractivity contribution in [3.05, 3.63) is 45.4 Å². The third-order valence-corrected chi connectivity index (χ3v) is 4.79. The molecule has 10 nitrogen and oxygen atoms in total. The van der Waals surface area contributed by atoms with E-state index >= 15 is 0 Å². The molecule has 4 rings (SSSR count). The fraction of sp³-hybridized carbons (Fsp3) is 0.158. The standard InChI is InChI=1S/C19H13ClN2O8/c20-10-4-8-3-9(19(28)29-15(8)7-13(10)23)11-5-14(24)12(21-11)6-18(27)30-22-16(25)1-2-17(22)26/h3-5,7,21,23-24H,1-2,6H2. The zero-order chi connectivity index (χ0) is 21.6. The molecule has 0 aliphatic carbocycles. The Bertz CT molecular complexity index is 1260. The minimum Gasteiger partial charge on any atom is -0.506 e. The van der Waals surface area contributed by atoms with Crippen LogP contribution in [0, 0.1) is 0 Å². The van der Waals surface area contributed by atoms with E-state index < -0.39 is 29.8 Å². The number of H-pyrrole nitrogens is 1. The van der Waals surface area contributed by atoms with E-state index in [0.29, 0.717) is 10.4 Å². The minimum atomic E-state index is -0.949. The summed E-state index contributed by atoms with van der Waals surface area (Å²) in [4.78, 5) is 54.9. The summed E-state index contributed by atoms with van der Waals surface area (Å²) >= 11 is 5.88.